The minimum atomic E-state index is -4.02. The molecule has 1 aromatic rings. The third kappa shape index (κ3) is 7.73. The van der Waals surface area contributed by atoms with Crippen LogP contribution < -0.4 is 11.2 Å². The number of hydrogen-bond donors (Lipinski definition) is 3. The first-order chi connectivity index (χ1) is 11.2. The topological polar surface area (TPSA) is 111 Å². The first-order valence-electron chi connectivity index (χ1n) is 7.69. The molecule has 1 aliphatic heterocycles. The molecular formula is C15H27N5O3S. The van der Waals surface area contributed by atoms with Gasteiger partial charge in [0, 0.05) is 6.54 Å². The van der Waals surface area contributed by atoms with E-state index in [-0.39, 0.29) is 4.90 Å². The maximum Gasteiger partial charge on any atom is 0.294 e. The van der Waals surface area contributed by atoms with Crippen LogP contribution in [0.15, 0.2) is 34.2 Å². The Labute approximate surface area is 144 Å². The van der Waals surface area contributed by atoms with Crippen molar-refractivity contribution < 1.29 is 13.0 Å². The van der Waals surface area contributed by atoms with Crippen LogP contribution in [0.3, 0.4) is 0 Å². The first-order valence-corrected chi connectivity index (χ1v) is 9.13. The van der Waals surface area contributed by atoms with Crippen molar-refractivity contribution in [2.45, 2.75) is 18.2 Å². The van der Waals surface area contributed by atoms with Crippen LogP contribution in [-0.4, -0.2) is 69.1 Å². The van der Waals surface area contributed by atoms with Crippen molar-refractivity contribution in [3.05, 3.63) is 29.8 Å². The lowest BCUT2D eigenvalue weighted by Gasteiger charge is -2.15. The SMILES string of the molecule is CN(C)CCCNC1=NCCN1N.Cc1ccc(S(=O)(=O)O)cc1. The Bertz CT molecular complexity index is 629. The van der Waals surface area contributed by atoms with Crippen LogP contribution in [-0.2, 0) is 10.1 Å². The van der Waals surface area contributed by atoms with Crippen LogP contribution in [0.1, 0.15) is 12.0 Å². The Kier molecular flexibility index (Phi) is 8.13. The van der Waals surface area contributed by atoms with Gasteiger partial charge in [0.1, 0.15) is 0 Å². The molecule has 0 radical (unpaired) electrons. The fourth-order valence-corrected chi connectivity index (χ4v) is 2.40. The number of rotatable bonds is 5. The lowest BCUT2D eigenvalue weighted by Crippen LogP contribution is -2.43. The van der Waals surface area contributed by atoms with E-state index in [1.54, 1.807) is 17.1 Å². The van der Waals surface area contributed by atoms with Gasteiger partial charge in [-0.15, -0.1) is 0 Å². The minimum absolute atomic E-state index is 0.0666. The van der Waals surface area contributed by atoms with Crippen molar-refractivity contribution in [3.63, 3.8) is 0 Å². The van der Waals surface area contributed by atoms with Crippen LogP contribution >= 0.6 is 0 Å². The number of nitrogens with one attached hydrogen (secondary N) is 1. The quantitative estimate of drug-likeness (QED) is 0.395. The number of aryl methyl sites for hydroxylation is 1. The molecule has 1 aromatic carbocycles. The fourth-order valence-electron chi connectivity index (χ4n) is 1.92. The van der Waals surface area contributed by atoms with E-state index in [0.29, 0.717) is 0 Å². The van der Waals surface area contributed by atoms with E-state index in [2.05, 4.69) is 29.3 Å². The molecule has 0 unspecified atom stereocenters. The maximum absolute atomic E-state index is 10.5. The maximum atomic E-state index is 10.5. The Morgan fingerprint density at radius 2 is 1.96 bits per heavy atom. The molecule has 0 amide bonds. The van der Waals surface area contributed by atoms with Gasteiger partial charge in [0.25, 0.3) is 10.1 Å². The van der Waals surface area contributed by atoms with Gasteiger partial charge in [-0.25, -0.2) is 5.84 Å². The predicted octanol–water partition coefficient (Wildman–Crippen LogP) is 0.315. The Morgan fingerprint density at radius 1 is 1.33 bits per heavy atom. The molecule has 8 nitrogen and oxygen atoms in total. The van der Waals surface area contributed by atoms with Crippen LogP contribution in [0, 0.1) is 6.92 Å². The van der Waals surface area contributed by atoms with Gasteiger partial charge >= 0.3 is 0 Å². The van der Waals surface area contributed by atoms with Gasteiger partial charge in [-0.1, -0.05) is 17.7 Å². The molecule has 136 valence electrons. The molecule has 0 aromatic heterocycles. The van der Waals surface area contributed by atoms with E-state index in [9.17, 15) is 8.42 Å². The molecule has 0 bridgehead atoms. The van der Waals surface area contributed by atoms with Crippen molar-refractivity contribution in [2.24, 2.45) is 10.8 Å². The van der Waals surface area contributed by atoms with Gasteiger partial charge in [-0.05, 0) is 46.1 Å². The number of hydrazine groups is 1. The Hall–Kier alpha value is -1.68. The van der Waals surface area contributed by atoms with Gasteiger partial charge in [-0.2, -0.15) is 8.42 Å². The molecule has 0 saturated carbocycles. The Balaban J connectivity index is 0.000000243. The van der Waals surface area contributed by atoms with Gasteiger partial charge in [0.05, 0.1) is 18.0 Å². The molecule has 9 heteroatoms. The number of hydrogen-bond acceptors (Lipinski definition) is 7. The zero-order chi connectivity index (χ0) is 18.2. The van der Waals surface area contributed by atoms with Crippen molar-refractivity contribution in [1.29, 1.82) is 0 Å². The summed E-state index contributed by atoms with van der Waals surface area (Å²) in [6.45, 7) is 5.51. The fraction of sp³-hybridized carbons (Fsp3) is 0.533. The van der Waals surface area contributed by atoms with Crippen molar-refractivity contribution in [1.82, 2.24) is 15.2 Å². The molecule has 0 atom stereocenters. The number of nitrogens with zero attached hydrogens (tertiary/aromatic N) is 3. The second kappa shape index (κ2) is 9.58. The summed E-state index contributed by atoms with van der Waals surface area (Å²) >= 11 is 0. The smallest absolute Gasteiger partial charge is 0.294 e. The summed E-state index contributed by atoms with van der Waals surface area (Å²) in [6, 6.07) is 5.99. The highest BCUT2D eigenvalue weighted by Crippen LogP contribution is 2.08. The summed E-state index contributed by atoms with van der Waals surface area (Å²) in [5.41, 5.74) is 0.956. The highest BCUT2D eigenvalue weighted by Gasteiger charge is 2.11. The van der Waals surface area contributed by atoms with Crippen molar-refractivity contribution in [3.8, 4) is 0 Å². The molecule has 1 aliphatic rings. The Morgan fingerprint density at radius 3 is 2.42 bits per heavy atom. The van der Waals surface area contributed by atoms with E-state index >= 15 is 0 Å². The molecular weight excluding hydrogens is 330 g/mol. The zero-order valence-corrected chi connectivity index (χ0v) is 15.3. The third-order valence-corrected chi connectivity index (χ3v) is 4.13. The lowest BCUT2D eigenvalue weighted by atomic mass is 10.2. The monoisotopic (exact) mass is 357 g/mol. The van der Waals surface area contributed by atoms with Gasteiger partial charge in [0.15, 0.2) is 0 Å². The van der Waals surface area contributed by atoms with Crippen molar-refractivity contribution >= 4 is 16.1 Å². The molecule has 0 spiro atoms. The van der Waals surface area contributed by atoms with E-state index < -0.39 is 10.1 Å². The first kappa shape index (κ1) is 20.4. The molecule has 0 aliphatic carbocycles. The normalized spacial score (nSPS) is 14.2. The minimum Gasteiger partial charge on any atom is -0.355 e. The van der Waals surface area contributed by atoms with Crippen LogP contribution in [0.4, 0.5) is 0 Å². The zero-order valence-electron chi connectivity index (χ0n) is 14.4. The van der Waals surface area contributed by atoms with Gasteiger partial charge < -0.3 is 10.2 Å². The van der Waals surface area contributed by atoms with E-state index in [0.717, 1.165) is 44.1 Å². The predicted molar refractivity (Wildman–Crippen MR) is 95.4 cm³/mol. The molecule has 0 fully saturated rings. The molecule has 4 N–H and O–H groups in total. The largest absolute Gasteiger partial charge is 0.355 e. The summed E-state index contributed by atoms with van der Waals surface area (Å²) in [4.78, 5) is 6.32. The molecule has 0 saturated heterocycles. The summed E-state index contributed by atoms with van der Waals surface area (Å²) in [7, 11) is 0.124. The number of aliphatic imine (C=N–C) groups is 1. The molecule has 24 heavy (non-hydrogen) atoms. The average Bonchev–Trinajstić information content (AvgIpc) is 2.89. The average molecular weight is 357 g/mol. The lowest BCUT2D eigenvalue weighted by molar-refractivity contribution is 0.396. The van der Waals surface area contributed by atoms with Crippen LogP contribution in [0.5, 0.6) is 0 Å². The number of benzene rings is 1. The standard InChI is InChI=1S/C8H19N5.C7H8O3S/c1-12(2)6-3-4-10-8-11-5-7-13(8)9;1-6-2-4-7(5-3-6)11(8,9)10/h3-7,9H2,1-2H3,(H,10,11);2-5H,1H3,(H,8,9,10). The van der Waals surface area contributed by atoms with Crippen LogP contribution in [0.2, 0.25) is 0 Å². The van der Waals surface area contributed by atoms with E-state index in [1.165, 1.54) is 12.1 Å². The third-order valence-electron chi connectivity index (χ3n) is 3.26. The van der Waals surface area contributed by atoms with E-state index in [4.69, 9.17) is 10.4 Å². The highest BCUT2D eigenvalue weighted by atomic mass is 32.2. The second-order valence-electron chi connectivity index (χ2n) is 5.77. The number of guanidine groups is 1. The molecule has 1 heterocycles. The summed E-state index contributed by atoms with van der Waals surface area (Å²) < 4.78 is 29.6. The second-order valence-corrected chi connectivity index (χ2v) is 7.19. The van der Waals surface area contributed by atoms with Gasteiger partial charge in [-0.3, -0.25) is 14.6 Å². The van der Waals surface area contributed by atoms with Crippen LogP contribution in [0.25, 0.3) is 0 Å². The summed E-state index contributed by atoms with van der Waals surface area (Å²) in [6.07, 6.45) is 1.11. The highest BCUT2D eigenvalue weighted by molar-refractivity contribution is 7.85. The summed E-state index contributed by atoms with van der Waals surface area (Å²) in [5, 5.41) is 4.87. The summed E-state index contributed by atoms with van der Waals surface area (Å²) in [5.74, 6) is 6.48. The van der Waals surface area contributed by atoms with Crippen molar-refractivity contribution in [2.75, 3.05) is 40.3 Å². The van der Waals surface area contributed by atoms with E-state index in [1.807, 2.05) is 6.92 Å². The number of nitrogens with two attached hydrogens (primary N) is 1. The van der Waals surface area contributed by atoms with Gasteiger partial charge in [0.2, 0.25) is 5.96 Å². The molecule has 2 rings (SSSR count).